The zero-order chi connectivity index (χ0) is 14.6. The van der Waals surface area contributed by atoms with Crippen LogP contribution in [0, 0.1) is 0 Å². The fraction of sp³-hybridized carbons (Fsp3) is 0.294. The zero-order valence-electron chi connectivity index (χ0n) is 11.4. The van der Waals surface area contributed by atoms with E-state index in [1.54, 1.807) is 0 Å². The summed E-state index contributed by atoms with van der Waals surface area (Å²) >= 11 is 9.69. The summed E-state index contributed by atoms with van der Waals surface area (Å²) in [7, 11) is 0. The zero-order valence-corrected chi connectivity index (χ0v) is 13.8. The third-order valence-corrected chi connectivity index (χ3v) is 4.32. The van der Waals surface area contributed by atoms with Gasteiger partial charge in [0, 0.05) is 15.9 Å². The van der Waals surface area contributed by atoms with Crippen molar-refractivity contribution in [2.45, 2.75) is 31.8 Å². The summed E-state index contributed by atoms with van der Waals surface area (Å²) in [6.07, 6.45) is 2.15. The highest BCUT2D eigenvalue weighted by Crippen LogP contribution is 2.33. The number of rotatable bonds is 5. The molecule has 0 radical (unpaired) electrons. The van der Waals surface area contributed by atoms with E-state index < -0.39 is 5.60 Å². The maximum absolute atomic E-state index is 11.1. The standard InChI is InChI=1S/C17H18BrClO/c1-2-10-17(20,14-6-4-3-5-7-14)12-13-8-9-15(18)11-16(13)19/h3-9,11,20H,2,10,12H2,1H3. The largest absolute Gasteiger partial charge is 0.385 e. The topological polar surface area (TPSA) is 20.2 Å². The first-order valence-electron chi connectivity index (χ1n) is 6.77. The van der Waals surface area contributed by atoms with Crippen molar-refractivity contribution in [2.24, 2.45) is 0 Å². The second-order valence-electron chi connectivity index (χ2n) is 5.06. The molecule has 106 valence electrons. The second kappa shape index (κ2) is 6.75. The highest BCUT2D eigenvalue weighted by atomic mass is 79.9. The lowest BCUT2D eigenvalue weighted by Gasteiger charge is -2.29. The van der Waals surface area contributed by atoms with Crippen LogP contribution in [0.2, 0.25) is 5.02 Å². The van der Waals surface area contributed by atoms with Crippen LogP contribution < -0.4 is 0 Å². The van der Waals surface area contributed by atoms with E-state index in [1.165, 1.54) is 0 Å². The van der Waals surface area contributed by atoms with Crippen molar-refractivity contribution in [3.63, 3.8) is 0 Å². The summed E-state index contributed by atoms with van der Waals surface area (Å²) in [5.74, 6) is 0. The molecule has 0 spiro atoms. The Morgan fingerprint density at radius 1 is 1.15 bits per heavy atom. The summed E-state index contributed by atoms with van der Waals surface area (Å²) in [5.41, 5.74) is 1.04. The highest BCUT2D eigenvalue weighted by Gasteiger charge is 2.29. The van der Waals surface area contributed by atoms with Gasteiger partial charge in [0.2, 0.25) is 0 Å². The average molecular weight is 354 g/mol. The monoisotopic (exact) mass is 352 g/mol. The third kappa shape index (κ3) is 3.63. The molecule has 0 fully saturated rings. The molecule has 20 heavy (non-hydrogen) atoms. The highest BCUT2D eigenvalue weighted by molar-refractivity contribution is 9.10. The van der Waals surface area contributed by atoms with Gasteiger partial charge in [-0.1, -0.05) is 77.3 Å². The van der Waals surface area contributed by atoms with E-state index in [2.05, 4.69) is 22.9 Å². The summed E-state index contributed by atoms with van der Waals surface area (Å²) in [4.78, 5) is 0. The van der Waals surface area contributed by atoms with E-state index >= 15 is 0 Å². The minimum Gasteiger partial charge on any atom is -0.385 e. The van der Waals surface area contributed by atoms with Crippen molar-refractivity contribution in [2.75, 3.05) is 0 Å². The van der Waals surface area contributed by atoms with Gasteiger partial charge >= 0.3 is 0 Å². The lowest BCUT2D eigenvalue weighted by atomic mass is 9.84. The van der Waals surface area contributed by atoms with Crippen molar-refractivity contribution >= 4 is 27.5 Å². The number of benzene rings is 2. The predicted molar refractivity (Wildman–Crippen MR) is 88.1 cm³/mol. The number of halogens is 2. The van der Waals surface area contributed by atoms with Gasteiger partial charge in [-0.3, -0.25) is 0 Å². The van der Waals surface area contributed by atoms with Gasteiger partial charge < -0.3 is 5.11 Å². The fourth-order valence-electron chi connectivity index (χ4n) is 2.48. The molecule has 2 aromatic carbocycles. The van der Waals surface area contributed by atoms with Crippen LogP contribution >= 0.6 is 27.5 Å². The van der Waals surface area contributed by atoms with E-state index in [1.807, 2.05) is 48.5 Å². The van der Waals surface area contributed by atoms with Gasteiger partial charge in [0.1, 0.15) is 0 Å². The SMILES string of the molecule is CCCC(O)(Cc1ccc(Br)cc1Cl)c1ccccc1. The van der Waals surface area contributed by atoms with E-state index in [9.17, 15) is 5.11 Å². The molecule has 0 aliphatic heterocycles. The Morgan fingerprint density at radius 2 is 1.85 bits per heavy atom. The van der Waals surface area contributed by atoms with E-state index in [0.29, 0.717) is 17.9 Å². The van der Waals surface area contributed by atoms with Gasteiger partial charge in [-0.25, -0.2) is 0 Å². The van der Waals surface area contributed by atoms with Crippen molar-refractivity contribution in [3.8, 4) is 0 Å². The molecule has 1 N–H and O–H groups in total. The Kier molecular flexibility index (Phi) is 5.25. The summed E-state index contributed by atoms with van der Waals surface area (Å²) < 4.78 is 0.949. The van der Waals surface area contributed by atoms with Crippen LogP contribution in [0.25, 0.3) is 0 Å². The molecule has 0 aliphatic rings. The molecule has 0 saturated carbocycles. The molecular weight excluding hydrogens is 336 g/mol. The van der Waals surface area contributed by atoms with E-state index in [4.69, 9.17) is 11.6 Å². The first kappa shape index (κ1) is 15.6. The molecule has 2 aromatic rings. The average Bonchev–Trinajstić information content (AvgIpc) is 2.43. The molecule has 0 bridgehead atoms. The molecule has 1 atom stereocenters. The van der Waals surface area contributed by atoms with Crippen LogP contribution in [-0.2, 0) is 12.0 Å². The number of aliphatic hydroxyl groups is 1. The molecule has 0 amide bonds. The van der Waals surface area contributed by atoms with Gasteiger partial charge in [-0.05, 0) is 29.7 Å². The Bertz CT molecular complexity index is 570. The van der Waals surface area contributed by atoms with Crippen molar-refractivity contribution < 1.29 is 5.11 Å². The van der Waals surface area contributed by atoms with Crippen LogP contribution in [-0.4, -0.2) is 5.11 Å². The maximum Gasteiger partial charge on any atom is 0.0937 e. The molecule has 1 nitrogen and oxygen atoms in total. The van der Waals surface area contributed by atoms with Crippen LogP contribution in [0.15, 0.2) is 53.0 Å². The first-order valence-corrected chi connectivity index (χ1v) is 7.94. The smallest absolute Gasteiger partial charge is 0.0937 e. The lowest BCUT2D eigenvalue weighted by Crippen LogP contribution is -2.28. The van der Waals surface area contributed by atoms with Gasteiger partial charge in [0.05, 0.1) is 5.60 Å². The molecule has 0 aromatic heterocycles. The summed E-state index contributed by atoms with van der Waals surface area (Å²) in [5, 5.41) is 11.7. The maximum atomic E-state index is 11.1. The van der Waals surface area contributed by atoms with Crippen molar-refractivity contribution in [3.05, 3.63) is 69.2 Å². The first-order chi connectivity index (χ1) is 9.55. The molecule has 2 rings (SSSR count). The van der Waals surface area contributed by atoms with Crippen LogP contribution in [0.3, 0.4) is 0 Å². The van der Waals surface area contributed by atoms with Crippen LogP contribution in [0.4, 0.5) is 0 Å². The van der Waals surface area contributed by atoms with E-state index in [0.717, 1.165) is 22.0 Å². The quantitative estimate of drug-likeness (QED) is 0.770. The Labute approximate surface area is 133 Å². The Hall–Kier alpha value is -0.830. The van der Waals surface area contributed by atoms with Gasteiger partial charge in [0.25, 0.3) is 0 Å². The predicted octanol–water partition coefficient (Wildman–Crippen LogP) is 5.33. The summed E-state index contributed by atoms with van der Waals surface area (Å²) in [6, 6.07) is 15.6. The van der Waals surface area contributed by atoms with Gasteiger partial charge in [-0.15, -0.1) is 0 Å². The Balaban J connectivity index is 2.34. The minimum atomic E-state index is -0.868. The summed E-state index contributed by atoms with van der Waals surface area (Å²) in [6.45, 7) is 2.08. The molecule has 0 aliphatic carbocycles. The lowest BCUT2D eigenvalue weighted by molar-refractivity contribution is 0.0269. The molecule has 0 heterocycles. The molecule has 0 saturated heterocycles. The third-order valence-electron chi connectivity index (χ3n) is 3.47. The molecular formula is C17H18BrClO. The number of hydrogen-bond donors (Lipinski definition) is 1. The van der Waals surface area contributed by atoms with Crippen molar-refractivity contribution in [1.29, 1.82) is 0 Å². The van der Waals surface area contributed by atoms with Crippen LogP contribution in [0.1, 0.15) is 30.9 Å². The Morgan fingerprint density at radius 3 is 2.45 bits per heavy atom. The molecule has 3 heteroatoms. The number of hydrogen-bond acceptors (Lipinski definition) is 1. The normalized spacial score (nSPS) is 14.0. The van der Waals surface area contributed by atoms with Crippen molar-refractivity contribution in [1.82, 2.24) is 0 Å². The van der Waals surface area contributed by atoms with E-state index in [-0.39, 0.29) is 0 Å². The minimum absolute atomic E-state index is 0.525. The second-order valence-corrected chi connectivity index (χ2v) is 6.38. The van der Waals surface area contributed by atoms with Crippen LogP contribution in [0.5, 0.6) is 0 Å². The molecule has 1 unspecified atom stereocenters. The van der Waals surface area contributed by atoms with Gasteiger partial charge in [-0.2, -0.15) is 0 Å². The fourth-order valence-corrected chi connectivity index (χ4v) is 3.22. The van der Waals surface area contributed by atoms with Gasteiger partial charge in [0.15, 0.2) is 0 Å².